The van der Waals surface area contributed by atoms with Gasteiger partial charge in [-0.05, 0) is 55.8 Å². The number of carbonyl (C=O) groups excluding carboxylic acids is 2. The van der Waals surface area contributed by atoms with E-state index in [-0.39, 0.29) is 17.9 Å². The van der Waals surface area contributed by atoms with Crippen molar-refractivity contribution in [3.63, 3.8) is 0 Å². The van der Waals surface area contributed by atoms with Crippen LogP contribution in [0.4, 0.5) is 17.1 Å². The van der Waals surface area contributed by atoms with Gasteiger partial charge in [-0.3, -0.25) is 9.59 Å². The smallest absolute Gasteiger partial charge is 0.259 e. The van der Waals surface area contributed by atoms with Crippen LogP contribution in [0.1, 0.15) is 41.0 Å². The second-order valence-corrected chi connectivity index (χ2v) is 9.68. The number of anilines is 3. The first-order valence-corrected chi connectivity index (χ1v) is 13.5. The van der Waals surface area contributed by atoms with Gasteiger partial charge < -0.3 is 34.6 Å². The molecular weight excluding hydrogens is 508 g/mol. The molecule has 0 saturated carbocycles. The van der Waals surface area contributed by atoms with E-state index in [0.717, 1.165) is 49.7 Å². The van der Waals surface area contributed by atoms with Gasteiger partial charge in [-0.15, -0.1) is 0 Å². The SMILES string of the molecule is CCC(C)NC(=O)c1cc(NC(=O)c2ccc(OC)cc2OC)ccc1N1CCN(c2ccccc2OC)CC1. The van der Waals surface area contributed by atoms with Gasteiger partial charge in [0.25, 0.3) is 11.8 Å². The van der Waals surface area contributed by atoms with Crippen LogP contribution >= 0.6 is 0 Å². The van der Waals surface area contributed by atoms with Crippen LogP contribution in [-0.4, -0.2) is 65.4 Å². The summed E-state index contributed by atoms with van der Waals surface area (Å²) in [7, 11) is 4.74. The summed E-state index contributed by atoms with van der Waals surface area (Å²) < 4.78 is 16.2. The Morgan fingerprint density at radius 1 is 0.775 bits per heavy atom. The van der Waals surface area contributed by atoms with Crippen molar-refractivity contribution in [2.45, 2.75) is 26.3 Å². The normalized spacial score (nSPS) is 13.8. The van der Waals surface area contributed by atoms with Gasteiger partial charge in [0.1, 0.15) is 17.2 Å². The molecule has 9 nitrogen and oxygen atoms in total. The Hall–Kier alpha value is -4.40. The molecule has 2 amide bonds. The number of amides is 2. The van der Waals surface area contributed by atoms with E-state index in [1.807, 2.05) is 44.2 Å². The average Bonchev–Trinajstić information content (AvgIpc) is 3.00. The van der Waals surface area contributed by atoms with Crippen molar-refractivity contribution in [2.75, 3.05) is 62.6 Å². The number of rotatable bonds is 10. The molecule has 1 unspecified atom stereocenters. The number of hydrogen-bond acceptors (Lipinski definition) is 7. The van der Waals surface area contributed by atoms with Gasteiger partial charge in [0.15, 0.2) is 0 Å². The lowest BCUT2D eigenvalue weighted by molar-refractivity contribution is 0.0938. The summed E-state index contributed by atoms with van der Waals surface area (Å²) in [5.74, 6) is 1.32. The monoisotopic (exact) mass is 546 g/mol. The van der Waals surface area contributed by atoms with Gasteiger partial charge in [0.2, 0.25) is 0 Å². The molecule has 1 heterocycles. The number of para-hydroxylation sites is 2. The predicted octanol–water partition coefficient (Wildman–Crippen LogP) is 4.82. The molecule has 1 saturated heterocycles. The summed E-state index contributed by atoms with van der Waals surface area (Å²) in [4.78, 5) is 31.1. The number of benzene rings is 3. The Balaban J connectivity index is 1.57. The van der Waals surface area contributed by atoms with Crippen molar-refractivity contribution in [1.82, 2.24) is 5.32 Å². The lowest BCUT2D eigenvalue weighted by Gasteiger charge is -2.38. The van der Waals surface area contributed by atoms with Crippen molar-refractivity contribution in [3.8, 4) is 17.2 Å². The highest BCUT2D eigenvalue weighted by Gasteiger charge is 2.24. The molecule has 9 heteroatoms. The summed E-state index contributed by atoms with van der Waals surface area (Å²) in [6.07, 6.45) is 0.812. The first-order chi connectivity index (χ1) is 19.4. The van der Waals surface area contributed by atoms with Crippen LogP contribution in [-0.2, 0) is 0 Å². The average molecular weight is 547 g/mol. The zero-order valence-corrected chi connectivity index (χ0v) is 23.8. The largest absolute Gasteiger partial charge is 0.497 e. The van der Waals surface area contributed by atoms with Crippen molar-refractivity contribution in [1.29, 1.82) is 0 Å². The highest BCUT2D eigenvalue weighted by Crippen LogP contribution is 2.32. The Bertz CT molecular complexity index is 1340. The topological polar surface area (TPSA) is 92.4 Å². The van der Waals surface area contributed by atoms with E-state index in [4.69, 9.17) is 14.2 Å². The fraction of sp³-hybridized carbons (Fsp3) is 0.355. The van der Waals surface area contributed by atoms with Gasteiger partial charge in [0.05, 0.1) is 38.1 Å². The Labute approximate surface area is 236 Å². The molecule has 3 aromatic carbocycles. The maximum Gasteiger partial charge on any atom is 0.259 e. The standard InChI is InChI=1S/C31H38N4O5/c1-6-21(2)32-31(37)25-19-22(33-30(36)24-13-12-23(38-3)20-29(24)40-5)11-14-26(25)34-15-17-35(18-16-34)27-9-7-8-10-28(27)39-4/h7-14,19-21H,6,15-18H2,1-5H3,(H,32,37)(H,33,36). The van der Waals surface area contributed by atoms with Gasteiger partial charge in [0, 0.05) is 49.7 Å². The summed E-state index contributed by atoms with van der Waals surface area (Å²) in [6.45, 7) is 7.03. The number of carbonyl (C=O) groups is 2. The third-order valence-corrected chi connectivity index (χ3v) is 7.19. The number of nitrogens with one attached hydrogen (secondary N) is 2. The summed E-state index contributed by atoms with van der Waals surface area (Å²) >= 11 is 0. The second-order valence-electron chi connectivity index (χ2n) is 9.68. The maximum absolute atomic E-state index is 13.4. The van der Waals surface area contributed by atoms with E-state index in [1.54, 1.807) is 38.5 Å². The molecule has 2 N–H and O–H groups in total. The van der Waals surface area contributed by atoms with E-state index < -0.39 is 0 Å². The minimum Gasteiger partial charge on any atom is -0.497 e. The van der Waals surface area contributed by atoms with E-state index in [9.17, 15) is 9.59 Å². The molecule has 0 aromatic heterocycles. The minimum atomic E-state index is -0.342. The van der Waals surface area contributed by atoms with Crippen molar-refractivity contribution < 1.29 is 23.8 Å². The van der Waals surface area contributed by atoms with Crippen LogP contribution in [0, 0.1) is 0 Å². The molecule has 0 spiro atoms. The zero-order chi connectivity index (χ0) is 28.6. The predicted molar refractivity (Wildman–Crippen MR) is 159 cm³/mol. The molecule has 1 aliphatic rings. The van der Waals surface area contributed by atoms with E-state index in [1.165, 1.54) is 7.11 Å². The Kier molecular flexibility index (Phi) is 9.37. The van der Waals surface area contributed by atoms with Gasteiger partial charge >= 0.3 is 0 Å². The van der Waals surface area contributed by atoms with Crippen LogP contribution < -0.4 is 34.6 Å². The highest BCUT2D eigenvalue weighted by atomic mass is 16.5. The van der Waals surface area contributed by atoms with E-state index in [0.29, 0.717) is 28.3 Å². The Morgan fingerprint density at radius 2 is 1.45 bits per heavy atom. The summed E-state index contributed by atoms with van der Waals surface area (Å²) in [5, 5.41) is 6.00. The van der Waals surface area contributed by atoms with Crippen molar-refractivity contribution in [3.05, 3.63) is 71.8 Å². The second kappa shape index (κ2) is 13.1. The van der Waals surface area contributed by atoms with Crippen LogP contribution in [0.15, 0.2) is 60.7 Å². The van der Waals surface area contributed by atoms with Gasteiger partial charge in [-0.25, -0.2) is 0 Å². The van der Waals surface area contributed by atoms with E-state index >= 15 is 0 Å². The number of methoxy groups -OCH3 is 3. The lowest BCUT2D eigenvalue weighted by Crippen LogP contribution is -2.47. The number of hydrogen-bond donors (Lipinski definition) is 2. The third kappa shape index (κ3) is 6.42. The quantitative estimate of drug-likeness (QED) is 0.377. The molecule has 1 fully saturated rings. The molecule has 0 aliphatic carbocycles. The summed E-state index contributed by atoms with van der Waals surface area (Å²) in [6, 6.07) is 18.5. The molecule has 1 atom stereocenters. The lowest BCUT2D eigenvalue weighted by atomic mass is 10.1. The van der Waals surface area contributed by atoms with Crippen LogP contribution in [0.25, 0.3) is 0 Å². The fourth-order valence-corrected chi connectivity index (χ4v) is 4.74. The molecule has 0 radical (unpaired) electrons. The molecule has 1 aliphatic heterocycles. The van der Waals surface area contributed by atoms with Crippen LogP contribution in [0.2, 0.25) is 0 Å². The van der Waals surface area contributed by atoms with Crippen LogP contribution in [0.3, 0.4) is 0 Å². The highest BCUT2D eigenvalue weighted by molar-refractivity contribution is 6.08. The number of ether oxygens (including phenoxy) is 3. The van der Waals surface area contributed by atoms with Crippen LogP contribution in [0.5, 0.6) is 17.2 Å². The molecule has 0 bridgehead atoms. The molecule has 4 rings (SSSR count). The molecule has 3 aromatic rings. The zero-order valence-electron chi connectivity index (χ0n) is 23.8. The third-order valence-electron chi connectivity index (χ3n) is 7.19. The van der Waals surface area contributed by atoms with Gasteiger partial charge in [-0.2, -0.15) is 0 Å². The fourth-order valence-electron chi connectivity index (χ4n) is 4.74. The van der Waals surface area contributed by atoms with Crippen molar-refractivity contribution in [2.24, 2.45) is 0 Å². The molecular formula is C31H38N4O5. The summed E-state index contributed by atoms with van der Waals surface area (Å²) in [5.41, 5.74) is 3.30. The molecule has 40 heavy (non-hydrogen) atoms. The van der Waals surface area contributed by atoms with Gasteiger partial charge in [-0.1, -0.05) is 19.1 Å². The van der Waals surface area contributed by atoms with Crippen molar-refractivity contribution >= 4 is 28.9 Å². The number of piperazine rings is 1. The first-order valence-electron chi connectivity index (χ1n) is 13.5. The number of nitrogens with zero attached hydrogens (tertiary/aromatic N) is 2. The Morgan fingerprint density at radius 3 is 2.10 bits per heavy atom. The molecule has 212 valence electrons. The first kappa shape index (κ1) is 28.6. The minimum absolute atomic E-state index is 0.0181. The maximum atomic E-state index is 13.4. The van der Waals surface area contributed by atoms with E-state index in [2.05, 4.69) is 26.5 Å².